The molecule has 0 spiro atoms. The molecule has 1 aromatic heterocycles. The number of likely N-dealkylation sites (N-methyl/N-ethyl adjacent to an activating group) is 2. The number of aromatic nitrogens is 1. The molecule has 2 atom stereocenters. The molecule has 1 aliphatic rings. The molecular formula is C30H36N4O5. The molecule has 39 heavy (non-hydrogen) atoms. The molecule has 4 N–H and O–H groups in total. The lowest BCUT2D eigenvalue weighted by molar-refractivity contribution is -0.132. The Balaban J connectivity index is 1.19. The summed E-state index contributed by atoms with van der Waals surface area (Å²) in [4.78, 5) is 30.7. The minimum Gasteiger partial charge on any atom is -0.506 e. The van der Waals surface area contributed by atoms with Crippen molar-refractivity contribution in [1.29, 1.82) is 0 Å². The number of carbonyl (C=O) groups is 1. The number of pyridine rings is 1. The highest BCUT2D eigenvalue weighted by molar-refractivity contribution is 5.87. The number of carbonyl (C=O) groups excluding carboxylic acids is 1. The van der Waals surface area contributed by atoms with Gasteiger partial charge >= 0.3 is 0 Å². The van der Waals surface area contributed by atoms with Gasteiger partial charge in [-0.15, -0.1) is 11.8 Å². The topological polar surface area (TPSA) is 118 Å². The van der Waals surface area contributed by atoms with Gasteiger partial charge in [-0.3, -0.25) is 9.59 Å². The molecule has 0 aliphatic heterocycles. The van der Waals surface area contributed by atoms with E-state index in [1.54, 1.807) is 24.1 Å². The quantitative estimate of drug-likeness (QED) is 0.265. The molecule has 9 nitrogen and oxygen atoms in total. The fraction of sp³-hybridized carbons (Fsp3) is 0.400. The molecular weight excluding hydrogens is 496 g/mol. The average Bonchev–Trinajstić information content (AvgIpc) is 2.96. The molecule has 2 aromatic carbocycles. The summed E-state index contributed by atoms with van der Waals surface area (Å²) in [6, 6.07) is 14.0. The molecule has 0 fully saturated rings. The number of phenolic OH excluding ortho intramolecular Hbond substituents is 1. The van der Waals surface area contributed by atoms with Gasteiger partial charge in [0.25, 0.3) is 5.91 Å². The zero-order chi connectivity index (χ0) is 27.8. The largest absolute Gasteiger partial charge is 0.506 e. The second kappa shape index (κ2) is 13.3. The summed E-state index contributed by atoms with van der Waals surface area (Å²) in [5.74, 6) is 6.81. The summed E-state index contributed by atoms with van der Waals surface area (Å²) < 4.78 is 5.70. The first-order valence-electron chi connectivity index (χ1n) is 13.2. The fourth-order valence-electron chi connectivity index (χ4n) is 4.58. The van der Waals surface area contributed by atoms with Gasteiger partial charge in [0.15, 0.2) is 6.61 Å². The average molecular weight is 533 g/mol. The second-order valence-electron chi connectivity index (χ2n) is 9.91. The Morgan fingerprint density at radius 1 is 1.13 bits per heavy atom. The first-order chi connectivity index (χ1) is 18.8. The number of rotatable bonds is 12. The Labute approximate surface area is 228 Å². The Morgan fingerprint density at radius 2 is 1.92 bits per heavy atom. The highest BCUT2D eigenvalue weighted by Gasteiger charge is 2.17. The van der Waals surface area contributed by atoms with Crippen LogP contribution < -0.4 is 15.6 Å². The number of fused-ring (bicyclic) bond motifs is 1. The Kier molecular flexibility index (Phi) is 9.60. The molecule has 0 radical (unpaired) electrons. The molecule has 3 aromatic rings. The predicted molar refractivity (Wildman–Crippen MR) is 151 cm³/mol. The summed E-state index contributed by atoms with van der Waals surface area (Å²) in [7, 11) is 3.88. The van der Waals surface area contributed by atoms with Crippen LogP contribution in [0.15, 0.2) is 53.3 Å². The van der Waals surface area contributed by atoms with Crippen LogP contribution in [0, 0.1) is 11.8 Å². The van der Waals surface area contributed by atoms with Gasteiger partial charge in [-0.25, -0.2) is 0 Å². The van der Waals surface area contributed by atoms with Crippen molar-refractivity contribution in [3.05, 3.63) is 70.0 Å². The number of aromatic amines is 1. The zero-order valence-corrected chi connectivity index (χ0v) is 22.4. The number of phenols is 1. The zero-order valence-electron chi connectivity index (χ0n) is 22.4. The van der Waals surface area contributed by atoms with Crippen molar-refractivity contribution in [3.63, 3.8) is 0 Å². The number of aromatic hydroxyl groups is 1. The molecule has 4 rings (SSSR count). The van der Waals surface area contributed by atoms with Crippen molar-refractivity contribution >= 4 is 16.8 Å². The summed E-state index contributed by atoms with van der Waals surface area (Å²) in [5.41, 5.74) is 1.59. The number of nitrogens with zero attached hydrogens (tertiary/aromatic N) is 2. The highest BCUT2D eigenvalue weighted by Crippen LogP contribution is 2.28. The van der Waals surface area contributed by atoms with E-state index in [4.69, 9.17) is 4.74 Å². The van der Waals surface area contributed by atoms with Crippen molar-refractivity contribution in [2.45, 2.75) is 38.0 Å². The molecule has 0 saturated heterocycles. The van der Waals surface area contributed by atoms with Crippen molar-refractivity contribution in [1.82, 2.24) is 20.1 Å². The van der Waals surface area contributed by atoms with Crippen LogP contribution in [0.25, 0.3) is 10.9 Å². The number of amides is 1. The monoisotopic (exact) mass is 532 g/mol. The summed E-state index contributed by atoms with van der Waals surface area (Å²) in [6.07, 6.45) is 2.08. The first-order valence-corrected chi connectivity index (χ1v) is 13.2. The summed E-state index contributed by atoms with van der Waals surface area (Å²) >= 11 is 0. The van der Waals surface area contributed by atoms with Gasteiger partial charge in [-0.05, 0) is 48.9 Å². The van der Waals surface area contributed by atoms with E-state index in [1.165, 1.54) is 12.1 Å². The van der Waals surface area contributed by atoms with Crippen LogP contribution in [0.1, 0.15) is 36.5 Å². The summed E-state index contributed by atoms with van der Waals surface area (Å²) in [6.45, 7) is 2.21. The van der Waals surface area contributed by atoms with Crippen LogP contribution in [-0.4, -0.2) is 77.3 Å². The third-order valence-corrected chi connectivity index (χ3v) is 7.12. The van der Waals surface area contributed by atoms with E-state index in [2.05, 4.69) is 34.1 Å². The normalized spacial score (nSPS) is 15.5. The maximum Gasteiger partial charge on any atom is 0.260 e. The second-order valence-corrected chi connectivity index (χ2v) is 9.91. The van der Waals surface area contributed by atoms with Crippen LogP contribution in [0.5, 0.6) is 11.5 Å². The van der Waals surface area contributed by atoms with Gasteiger partial charge in [0, 0.05) is 63.6 Å². The van der Waals surface area contributed by atoms with E-state index in [0.29, 0.717) is 41.3 Å². The number of benzene rings is 2. The molecule has 1 amide bonds. The molecule has 206 valence electrons. The molecule has 1 unspecified atom stereocenters. The van der Waals surface area contributed by atoms with E-state index >= 15 is 0 Å². The Morgan fingerprint density at radius 3 is 2.67 bits per heavy atom. The van der Waals surface area contributed by atoms with Crippen LogP contribution in [-0.2, 0) is 11.3 Å². The molecule has 0 saturated carbocycles. The third kappa shape index (κ3) is 7.60. The van der Waals surface area contributed by atoms with E-state index in [0.717, 1.165) is 31.4 Å². The SMILES string of the molecule is CN(CCN(C)C1CC#CCC1)C(=O)COc1ccc(CNC[C@H](O)c2ccc(O)c3[nH]c(=O)ccc23)cc1. The minimum atomic E-state index is -0.833. The minimum absolute atomic E-state index is 0.0231. The van der Waals surface area contributed by atoms with E-state index < -0.39 is 6.10 Å². The summed E-state index contributed by atoms with van der Waals surface area (Å²) in [5, 5.41) is 24.6. The van der Waals surface area contributed by atoms with Crippen molar-refractivity contribution in [2.24, 2.45) is 0 Å². The van der Waals surface area contributed by atoms with Crippen LogP contribution in [0.2, 0.25) is 0 Å². The van der Waals surface area contributed by atoms with Crippen molar-refractivity contribution in [3.8, 4) is 23.3 Å². The number of ether oxygens (including phenoxy) is 1. The van der Waals surface area contributed by atoms with Crippen LogP contribution in [0.4, 0.5) is 0 Å². The Bertz CT molecular complexity index is 1390. The van der Waals surface area contributed by atoms with Gasteiger partial charge in [-0.1, -0.05) is 18.2 Å². The number of hydrogen-bond acceptors (Lipinski definition) is 7. The lowest BCUT2D eigenvalue weighted by Gasteiger charge is -2.29. The van der Waals surface area contributed by atoms with Crippen molar-refractivity contribution < 1.29 is 19.7 Å². The molecule has 0 bridgehead atoms. The van der Waals surface area contributed by atoms with Crippen molar-refractivity contribution in [2.75, 3.05) is 40.3 Å². The highest BCUT2D eigenvalue weighted by atomic mass is 16.5. The van der Waals surface area contributed by atoms with Gasteiger partial charge in [0.1, 0.15) is 11.5 Å². The number of nitrogens with one attached hydrogen (secondary N) is 2. The maximum atomic E-state index is 12.5. The third-order valence-electron chi connectivity index (χ3n) is 7.12. The number of hydrogen-bond donors (Lipinski definition) is 4. The Hall–Kier alpha value is -3.84. The number of aliphatic hydroxyl groups is 1. The van der Waals surface area contributed by atoms with Crippen LogP contribution >= 0.6 is 0 Å². The molecule has 1 aliphatic carbocycles. The molecule has 9 heteroatoms. The predicted octanol–water partition coefficient (Wildman–Crippen LogP) is 2.38. The van der Waals surface area contributed by atoms with Gasteiger partial charge in [0.05, 0.1) is 11.6 Å². The van der Waals surface area contributed by atoms with Gasteiger partial charge in [-0.2, -0.15) is 0 Å². The smallest absolute Gasteiger partial charge is 0.260 e. The van der Waals surface area contributed by atoms with E-state index in [-0.39, 0.29) is 30.4 Å². The lowest BCUT2D eigenvalue weighted by atomic mass is 10.0. The first kappa shape index (κ1) is 28.2. The van der Waals surface area contributed by atoms with Gasteiger partial charge < -0.3 is 35.1 Å². The fourth-order valence-corrected chi connectivity index (χ4v) is 4.58. The standard InChI is InChI=1S/C30H36N4O5/c1-33(22-6-4-3-5-7-22)16-17-34(2)29(38)20-39-23-10-8-21(9-11-23)18-31-19-27(36)24-12-14-26(35)30-25(24)13-15-28(37)32-30/h8-15,22,27,31,35-36H,4,6-7,16-20H2,1-2H3,(H,32,37)/t22?,27-/m0/s1. The molecule has 1 heterocycles. The number of H-pyrrole nitrogens is 1. The van der Waals surface area contributed by atoms with Gasteiger partial charge in [0.2, 0.25) is 5.56 Å². The maximum absolute atomic E-state index is 12.5. The lowest BCUT2D eigenvalue weighted by Crippen LogP contribution is -2.41. The van der Waals surface area contributed by atoms with E-state index in [9.17, 15) is 19.8 Å². The number of aliphatic hydroxyl groups excluding tert-OH is 1. The van der Waals surface area contributed by atoms with Crippen LogP contribution in [0.3, 0.4) is 0 Å². The van der Waals surface area contributed by atoms with E-state index in [1.807, 2.05) is 24.3 Å².